The Morgan fingerprint density at radius 2 is 2.47 bits per heavy atom. The zero-order valence-corrected chi connectivity index (χ0v) is 11.3. The van der Waals surface area contributed by atoms with Crippen LogP contribution >= 0.6 is 0 Å². The van der Waals surface area contributed by atoms with Gasteiger partial charge in [-0.15, -0.1) is 0 Å². The summed E-state index contributed by atoms with van der Waals surface area (Å²) in [5.41, 5.74) is 6.36. The molecular weight excluding hydrogens is 246 g/mol. The number of hydrogen-bond acceptors (Lipinski definition) is 5. The van der Waals surface area contributed by atoms with E-state index in [2.05, 4.69) is 10.1 Å². The first-order valence-corrected chi connectivity index (χ1v) is 6.76. The number of carbonyl (C=O) groups excluding carboxylic acids is 1. The first-order chi connectivity index (χ1) is 9.20. The molecule has 0 aliphatic carbocycles. The van der Waals surface area contributed by atoms with Crippen molar-refractivity contribution in [3.8, 4) is 0 Å². The SMILES string of the molecule is CCc1cc(CCCN2CCOC[C@H]2C(N)=O)on1. The highest BCUT2D eigenvalue weighted by molar-refractivity contribution is 5.80. The third-order valence-electron chi connectivity index (χ3n) is 3.41. The molecule has 1 aromatic rings. The van der Waals surface area contributed by atoms with E-state index in [0.29, 0.717) is 13.2 Å². The van der Waals surface area contributed by atoms with Crippen molar-refractivity contribution in [2.75, 3.05) is 26.3 Å². The van der Waals surface area contributed by atoms with Crippen molar-refractivity contribution in [2.45, 2.75) is 32.2 Å². The van der Waals surface area contributed by atoms with Gasteiger partial charge in [-0.05, 0) is 19.4 Å². The summed E-state index contributed by atoms with van der Waals surface area (Å²) in [6.07, 6.45) is 2.63. The second-order valence-electron chi connectivity index (χ2n) is 4.77. The number of rotatable bonds is 6. The van der Waals surface area contributed by atoms with Gasteiger partial charge in [0.15, 0.2) is 0 Å². The van der Waals surface area contributed by atoms with E-state index >= 15 is 0 Å². The molecular formula is C13H21N3O3. The summed E-state index contributed by atoms with van der Waals surface area (Å²) in [5, 5.41) is 3.96. The molecule has 6 heteroatoms. The summed E-state index contributed by atoms with van der Waals surface area (Å²) in [4.78, 5) is 13.4. The van der Waals surface area contributed by atoms with Gasteiger partial charge in [0, 0.05) is 19.0 Å². The van der Waals surface area contributed by atoms with Crippen molar-refractivity contribution in [3.05, 3.63) is 17.5 Å². The molecule has 1 amide bonds. The number of nitrogens with two attached hydrogens (primary N) is 1. The maximum Gasteiger partial charge on any atom is 0.237 e. The summed E-state index contributed by atoms with van der Waals surface area (Å²) in [7, 11) is 0. The van der Waals surface area contributed by atoms with Crippen LogP contribution in [-0.2, 0) is 22.4 Å². The first-order valence-electron chi connectivity index (χ1n) is 6.76. The predicted molar refractivity (Wildman–Crippen MR) is 69.6 cm³/mol. The third-order valence-corrected chi connectivity index (χ3v) is 3.41. The molecule has 1 atom stereocenters. The Morgan fingerprint density at radius 3 is 3.16 bits per heavy atom. The summed E-state index contributed by atoms with van der Waals surface area (Å²) in [6, 6.07) is 1.69. The number of hydrogen-bond donors (Lipinski definition) is 1. The van der Waals surface area contributed by atoms with E-state index in [0.717, 1.165) is 43.8 Å². The molecule has 0 saturated carbocycles. The van der Waals surface area contributed by atoms with Crippen LogP contribution in [0.4, 0.5) is 0 Å². The van der Waals surface area contributed by atoms with Crippen LogP contribution in [0.1, 0.15) is 24.8 Å². The second kappa shape index (κ2) is 6.68. The first kappa shape index (κ1) is 14.0. The Labute approximate surface area is 112 Å². The molecule has 19 heavy (non-hydrogen) atoms. The Hall–Kier alpha value is -1.40. The topological polar surface area (TPSA) is 81.6 Å². The molecule has 0 radical (unpaired) electrons. The van der Waals surface area contributed by atoms with Gasteiger partial charge in [-0.1, -0.05) is 12.1 Å². The van der Waals surface area contributed by atoms with Crippen LogP contribution < -0.4 is 5.73 Å². The van der Waals surface area contributed by atoms with Crippen LogP contribution in [0.15, 0.2) is 10.6 Å². The van der Waals surface area contributed by atoms with Crippen molar-refractivity contribution >= 4 is 5.91 Å². The van der Waals surface area contributed by atoms with Crippen molar-refractivity contribution in [2.24, 2.45) is 5.73 Å². The lowest BCUT2D eigenvalue weighted by molar-refractivity contribution is -0.129. The molecule has 0 bridgehead atoms. The van der Waals surface area contributed by atoms with Crippen LogP contribution in [0.3, 0.4) is 0 Å². The maximum atomic E-state index is 11.3. The maximum absolute atomic E-state index is 11.3. The van der Waals surface area contributed by atoms with E-state index in [-0.39, 0.29) is 11.9 Å². The number of carbonyl (C=O) groups is 1. The van der Waals surface area contributed by atoms with E-state index in [1.165, 1.54) is 0 Å². The molecule has 0 unspecified atom stereocenters. The average Bonchev–Trinajstić information content (AvgIpc) is 2.87. The second-order valence-corrected chi connectivity index (χ2v) is 4.77. The minimum absolute atomic E-state index is 0.297. The quantitative estimate of drug-likeness (QED) is 0.804. The smallest absolute Gasteiger partial charge is 0.237 e. The van der Waals surface area contributed by atoms with Gasteiger partial charge >= 0.3 is 0 Å². The van der Waals surface area contributed by atoms with Crippen molar-refractivity contribution in [1.29, 1.82) is 0 Å². The normalized spacial score (nSPS) is 20.6. The van der Waals surface area contributed by atoms with Gasteiger partial charge < -0.3 is 15.0 Å². The molecule has 2 N–H and O–H groups in total. The average molecular weight is 267 g/mol. The lowest BCUT2D eigenvalue weighted by atomic mass is 10.1. The van der Waals surface area contributed by atoms with Gasteiger partial charge in [0.1, 0.15) is 11.8 Å². The molecule has 1 aliphatic rings. The Bertz CT molecular complexity index is 419. The molecule has 1 aliphatic heterocycles. The Morgan fingerprint density at radius 1 is 1.63 bits per heavy atom. The van der Waals surface area contributed by atoms with Crippen molar-refractivity contribution < 1.29 is 14.1 Å². The van der Waals surface area contributed by atoms with Crippen LogP contribution in [-0.4, -0.2) is 48.3 Å². The number of morpholine rings is 1. The Kier molecular flexibility index (Phi) is 4.93. The highest BCUT2D eigenvalue weighted by Crippen LogP contribution is 2.11. The molecule has 1 fully saturated rings. The number of aryl methyl sites for hydroxylation is 2. The van der Waals surface area contributed by atoms with Crippen LogP contribution in [0.2, 0.25) is 0 Å². The number of ether oxygens (including phenoxy) is 1. The van der Waals surface area contributed by atoms with E-state index in [4.69, 9.17) is 15.0 Å². The van der Waals surface area contributed by atoms with E-state index in [1.807, 2.05) is 13.0 Å². The minimum Gasteiger partial charge on any atom is -0.378 e. The molecule has 1 aromatic heterocycles. The highest BCUT2D eigenvalue weighted by Gasteiger charge is 2.26. The lowest BCUT2D eigenvalue weighted by Gasteiger charge is -2.33. The third kappa shape index (κ3) is 3.78. The molecule has 0 aromatic carbocycles. The molecule has 2 rings (SSSR count). The Balaban J connectivity index is 1.79. The highest BCUT2D eigenvalue weighted by atomic mass is 16.5. The fourth-order valence-corrected chi connectivity index (χ4v) is 2.26. The standard InChI is InChI=1S/C13H21N3O3/c1-2-10-8-11(19-15-10)4-3-5-16-6-7-18-9-12(16)13(14)17/h8,12H,2-7,9H2,1H3,(H2,14,17)/t12-/m0/s1. The number of aromatic nitrogens is 1. The molecule has 0 spiro atoms. The molecule has 2 heterocycles. The molecule has 6 nitrogen and oxygen atoms in total. The predicted octanol–water partition coefficient (Wildman–Crippen LogP) is 0.356. The monoisotopic (exact) mass is 267 g/mol. The van der Waals surface area contributed by atoms with Crippen LogP contribution in [0.25, 0.3) is 0 Å². The van der Waals surface area contributed by atoms with Crippen molar-refractivity contribution in [3.63, 3.8) is 0 Å². The zero-order chi connectivity index (χ0) is 13.7. The van der Waals surface area contributed by atoms with Gasteiger partial charge in [0.2, 0.25) is 5.91 Å². The summed E-state index contributed by atoms with van der Waals surface area (Å²) in [6.45, 7) is 4.68. The lowest BCUT2D eigenvalue weighted by Crippen LogP contribution is -2.52. The summed E-state index contributed by atoms with van der Waals surface area (Å²) < 4.78 is 10.5. The van der Waals surface area contributed by atoms with Crippen LogP contribution in [0.5, 0.6) is 0 Å². The minimum atomic E-state index is -0.312. The van der Waals surface area contributed by atoms with Gasteiger partial charge in [0.05, 0.1) is 18.9 Å². The molecule has 106 valence electrons. The number of primary amides is 1. The summed E-state index contributed by atoms with van der Waals surface area (Å²) in [5.74, 6) is 0.591. The summed E-state index contributed by atoms with van der Waals surface area (Å²) >= 11 is 0. The van der Waals surface area contributed by atoms with Gasteiger partial charge in [-0.25, -0.2) is 0 Å². The van der Waals surface area contributed by atoms with Gasteiger partial charge in [0.25, 0.3) is 0 Å². The fourth-order valence-electron chi connectivity index (χ4n) is 2.26. The fraction of sp³-hybridized carbons (Fsp3) is 0.692. The molecule has 1 saturated heterocycles. The number of amides is 1. The zero-order valence-electron chi connectivity index (χ0n) is 11.3. The van der Waals surface area contributed by atoms with Crippen LogP contribution in [0, 0.1) is 0 Å². The van der Waals surface area contributed by atoms with Crippen molar-refractivity contribution in [1.82, 2.24) is 10.1 Å². The van der Waals surface area contributed by atoms with Gasteiger partial charge in [-0.2, -0.15) is 0 Å². The van der Waals surface area contributed by atoms with Gasteiger partial charge in [-0.3, -0.25) is 9.69 Å². The van der Waals surface area contributed by atoms with E-state index in [9.17, 15) is 4.79 Å². The van der Waals surface area contributed by atoms with E-state index in [1.54, 1.807) is 0 Å². The largest absolute Gasteiger partial charge is 0.378 e. The number of nitrogens with zero attached hydrogens (tertiary/aromatic N) is 2. The van der Waals surface area contributed by atoms with E-state index < -0.39 is 0 Å².